The SMILES string of the molecule is CCS(=O)(=O)N1CCCC(C(=O)N2CCNCC2c2cccc(F)c2)C1. The number of sulfonamides is 1. The maximum Gasteiger partial charge on any atom is 0.227 e. The molecule has 1 N–H and O–H groups in total. The molecule has 144 valence electrons. The van der Waals surface area contributed by atoms with Crippen LogP contribution in [0.1, 0.15) is 31.4 Å². The lowest BCUT2D eigenvalue weighted by Gasteiger charge is -2.40. The first kappa shape index (κ1) is 19.3. The van der Waals surface area contributed by atoms with E-state index in [0.717, 1.165) is 5.56 Å². The zero-order chi connectivity index (χ0) is 18.7. The van der Waals surface area contributed by atoms with Crippen LogP contribution in [0.25, 0.3) is 0 Å². The number of piperidine rings is 1. The summed E-state index contributed by atoms with van der Waals surface area (Å²) in [4.78, 5) is 15.0. The standard InChI is InChI=1S/C18H26FN3O3S/c1-2-26(24,25)21-9-4-6-15(13-21)18(23)22-10-8-20-12-17(22)14-5-3-7-16(19)11-14/h3,5,7,11,15,17,20H,2,4,6,8-10,12-13H2,1H3. The van der Waals surface area contributed by atoms with Gasteiger partial charge in [0.25, 0.3) is 0 Å². The first-order valence-corrected chi connectivity index (χ1v) is 10.8. The second-order valence-corrected chi connectivity index (χ2v) is 9.16. The van der Waals surface area contributed by atoms with Crippen molar-refractivity contribution in [3.63, 3.8) is 0 Å². The highest BCUT2D eigenvalue weighted by molar-refractivity contribution is 7.89. The fourth-order valence-corrected chi connectivity index (χ4v) is 4.97. The van der Waals surface area contributed by atoms with Gasteiger partial charge in [-0.1, -0.05) is 12.1 Å². The smallest absolute Gasteiger partial charge is 0.227 e. The first-order chi connectivity index (χ1) is 12.4. The van der Waals surface area contributed by atoms with Crippen LogP contribution >= 0.6 is 0 Å². The van der Waals surface area contributed by atoms with Gasteiger partial charge in [0.15, 0.2) is 0 Å². The third-order valence-corrected chi connectivity index (χ3v) is 7.10. The topological polar surface area (TPSA) is 69.7 Å². The molecule has 2 saturated heterocycles. The largest absolute Gasteiger partial charge is 0.333 e. The molecule has 1 amide bonds. The Kier molecular flexibility index (Phi) is 5.94. The fraction of sp³-hybridized carbons (Fsp3) is 0.611. The lowest BCUT2D eigenvalue weighted by molar-refractivity contribution is -0.140. The van der Waals surface area contributed by atoms with Crippen molar-refractivity contribution in [3.05, 3.63) is 35.6 Å². The predicted octanol–water partition coefficient (Wildman–Crippen LogP) is 1.36. The number of benzene rings is 1. The van der Waals surface area contributed by atoms with Crippen molar-refractivity contribution < 1.29 is 17.6 Å². The maximum absolute atomic E-state index is 13.6. The van der Waals surface area contributed by atoms with Crippen molar-refractivity contribution in [1.29, 1.82) is 0 Å². The minimum atomic E-state index is -3.29. The molecule has 2 heterocycles. The number of hydrogen-bond donors (Lipinski definition) is 1. The van der Waals surface area contributed by atoms with Crippen molar-refractivity contribution in [2.75, 3.05) is 38.5 Å². The number of carbonyl (C=O) groups is 1. The molecule has 0 saturated carbocycles. The molecule has 3 rings (SSSR count). The summed E-state index contributed by atoms with van der Waals surface area (Å²) in [5.74, 6) is -0.637. The van der Waals surface area contributed by atoms with Crippen molar-refractivity contribution in [2.45, 2.75) is 25.8 Å². The lowest BCUT2D eigenvalue weighted by atomic mass is 9.95. The molecule has 0 radical (unpaired) electrons. The molecule has 2 unspecified atom stereocenters. The Morgan fingerprint density at radius 1 is 1.35 bits per heavy atom. The van der Waals surface area contributed by atoms with E-state index in [4.69, 9.17) is 0 Å². The average molecular weight is 383 g/mol. The minimum absolute atomic E-state index is 0.0308. The summed E-state index contributed by atoms with van der Waals surface area (Å²) in [6, 6.07) is 6.10. The number of nitrogens with one attached hydrogen (secondary N) is 1. The van der Waals surface area contributed by atoms with E-state index < -0.39 is 10.0 Å². The molecular weight excluding hydrogens is 357 g/mol. The maximum atomic E-state index is 13.6. The number of nitrogens with zero attached hydrogens (tertiary/aromatic N) is 2. The lowest BCUT2D eigenvalue weighted by Crippen LogP contribution is -2.53. The van der Waals surface area contributed by atoms with Gasteiger partial charge in [-0.2, -0.15) is 0 Å². The van der Waals surface area contributed by atoms with Gasteiger partial charge in [0, 0.05) is 32.7 Å². The van der Waals surface area contributed by atoms with Gasteiger partial charge in [-0.25, -0.2) is 17.1 Å². The van der Waals surface area contributed by atoms with Crippen molar-refractivity contribution in [1.82, 2.24) is 14.5 Å². The molecule has 2 aliphatic heterocycles. The Balaban J connectivity index is 1.78. The highest BCUT2D eigenvalue weighted by atomic mass is 32.2. The Hall–Kier alpha value is -1.51. The molecule has 2 atom stereocenters. The molecule has 1 aromatic carbocycles. The quantitative estimate of drug-likeness (QED) is 0.852. The van der Waals surface area contributed by atoms with E-state index in [2.05, 4.69) is 5.32 Å². The number of piperazine rings is 1. The Labute approximate surface area is 154 Å². The second kappa shape index (κ2) is 8.02. The molecule has 0 bridgehead atoms. The Bertz CT molecular complexity index is 756. The highest BCUT2D eigenvalue weighted by Gasteiger charge is 2.37. The van der Waals surface area contributed by atoms with Gasteiger partial charge in [0.2, 0.25) is 15.9 Å². The molecule has 26 heavy (non-hydrogen) atoms. The molecule has 8 heteroatoms. The van der Waals surface area contributed by atoms with Crippen LogP contribution in [-0.4, -0.2) is 62.0 Å². The van der Waals surface area contributed by atoms with Crippen LogP contribution in [0.15, 0.2) is 24.3 Å². The molecule has 2 fully saturated rings. The molecule has 6 nitrogen and oxygen atoms in total. The van der Waals surface area contributed by atoms with E-state index in [0.29, 0.717) is 39.0 Å². The summed E-state index contributed by atoms with van der Waals surface area (Å²) in [5.41, 5.74) is 0.763. The number of carbonyl (C=O) groups excluding carboxylic acids is 1. The minimum Gasteiger partial charge on any atom is -0.333 e. The Morgan fingerprint density at radius 3 is 2.88 bits per heavy atom. The van der Waals surface area contributed by atoms with E-state index in [-0.39, 0.29) is 36.0 Å². The van der Waals surface area contributed by atoms with Crippen LogP contribution in [0.4, 0.5) is 4.39 Å². The van der Waals surface area contributed by atoms with Crippen molar-refractivity contribution in [2.24, 2.45) is 5.92 Å². The van der Waals surface area contributed by atoms with Gasteiger partial charge in [-0.3, -0.25) is 4.79 Å². The summed E-state index contributed by atoms with van der Waals surface area (Å²) in [5, 5.41) is 3.26. The van der Waals surface area contributed by atoms with Crippen LogP contribution in [0, 0.1) is 11.7 Å². The molecule has 1 aromatic rings. The summed E-state index contributed by atoms with van der Waals surface area (Å²) in [6.07, 6.45) is 1.38. The monoisotopic (exact) mass is 383 g/mol. The van der Waals surface area contributed by atoms with Gasteiger partial charge in [0.1, 0.15) is 5.82 Å². The van der Waals surface area contributed by atoms with Crippen molar-refractivity contribution >= 4 is 15.9 Å². The van der Waals surface area contributed by atoms with Crippen LogP contribution in [0.5, 0.6) is 0 Å². The fourth-order valence-electron chi connectivity index (χ4n) is 3.79. The second-order valence-electron chi connectivity index (χ2n) is 6.90. The first-order valence-electron chi connectivity index (χ1n) is 9.17. The van der Waals surface area contributed by atoms with E-state index >= 15 is 0 Å². The van der Waals surface area contributed by atoms with Gasteiger partial charge in [0.05, 0.1) is 17.7 Å². The summed E-state index contributed by atoms with van der Waals surface area (Å²) >= 11 is 0. The van der Waals surface area contributed by atoms with E-state index in [1.807, 2.05) is 6.07 Å². The summed E-state index contributed by atoms with van der Waals surface area (Å²) in [6.45, 7) is 4.14. The third kappa shape index (κ3) is 4.07. The van der Waals surface area contributed by atoms with Gasteiger partial charge >= 0.3 is 0 Å². The number of halogens is 1. The van der Waals surface area contributed by atoms with Gasteiger partial charge in [-0.05, 0) is 37.5 Å². The zero-order valence-corrected chi connectivity index (χ0v) is 15.8. The molecule has 2 aliphatic rings. The van der Waals surface area contributed by atoms with Gasteiger partial charge in [-0.15, -0.1) is 0 Å². The zero-order valence-electron chi connectivity index (χ0n) is 15.0. The molecular formula is C18H26FN3O3S. The van der Waals surface area contributed by atoms with Crippen LogP contribution < -0.4 is 5.32 Å². The number of hydrogen-bond acceptors (Lipinski definition) is 4. The normalized spacial score (nSPS) is 25.2. The van der Waals surface area contributed by atoms with E-state index in [1.165, 1.54) is 16.4 Å². The Morgan fingerprint density at radius 2 is 2.15 bits per heavy atom. The van der Waals surface area contributed by atoms with Gasteiger partial charge < -0.3 is 10.2 Å². The van der Waals surface area contributed by atoms with E-state index in [1.54, 1.807) is 17.9 Å². The van der Waals surface area contributed by atoms with Crippen LogP contribution in [0.3, 0.4) is 0 Å². The average Bonchev–Trinajstić information content (AvgIpc) is 2.67. The van der Waals surface area contributed by atoms with Crippen LogP contribution in [0.2, 0.25) is 0 Å². The number of rotatable bonds is 4. The van der Waals surface area contributed by atoms with E-state index in [9.17, 15) is 17.6 Å². The molecule has 0 spiro atoms. The molecule has 0 aliphatic carbocycles. The summed E-state index contributed by atoms with van der Waals surface area (Å²) in [7, 11) is -3.29. The number of amides is 1. The van der Waals surface area contributed by atoms with Crippen LogP contribution in [-0.2, 0) is 14.8 Å². The predicted molar refractivity (Wildman–Crippen MR) is 97.5 cm³/mol. The highest BCUT2D eigenvalue weighted by Crippen LogP contribution is 2.28. The molecule has 0 aromatic heterocycles. The summed E-state index contributed by atoms with van der Waals surface area (Å²) < 4.78 is 39.4. The van der Waals surface area contributed by atoms with Crippen molar-refractivity contribution in [3.8, 4) is 0 Å². The third-order valence-electron chi connectivity index (χ3n) is 5.25.